The molecule has 3 N–H and O–H groups in total. The number of hydrazine groups is 1. The van der Waals surface area contributed by atoms with Gasteiger partial charge in [0.05, 0.1) is 12.4 Å². The summed E-state index contributed by atoms with van der Waals surface area (Å²) in [7, 11) is 0. The van der Waals surface area contributed by atoms with Crippen LogP contribution in [0, 0.1) is 0 Å². The van der Waals surface area contributed by atoms with E-state index in [1.165, 1.54) is 12.4 Å². The molecule has 7 nitrogen and oxygen atoms in total. The highest BCUT2D eigenvalue weighted by Gasteiger charge is 2.28. The molecule has 0 unspecified atom stereocenters. The number of amides is 1. The Bertz CT molecular complexity index is 459. The van der Waals surface area contributed by atoms with Crippen molar-refractivity contribution in [3.63, 3.8) is 0 Å². The topological polar surface area (TPSA) is 87.4 Å². The van der Waals surface area contributed by atoms with Crippen molar-refractivity contribution in [1.29, 1.82) is 0 Å². The second kappa shape index (κ2) is 5.72. The summed E-state index contributed by atoms with van der Waals surface area (Å²) in [5.74, 6) is 5.59. The molecule has 1 fully saturated rings. The van der Waals surface area contributed by atoms with Crippen molar-refractivity contribution < 1.29 is 4.79 Å². The molecule has 0 bridgehead atoms. The number of nitrogens with two attached hydrogens (primary N) is 1. The van der Waals surface area contributed by atoms with Crippen molar-refractivity contribution >= 4 is 11.7 Å². The maximum absolute atomic E-state index is 12.3. The highest BCUT2D eigenvalue weighted by Crippen LogP contribution is 2.16. The van der Waals surface area contributed by atoms with Gasteiger partial charge in [0.1, 0.15) is 5.69 Å². The number of hydrogen-bond acceptors (Lipinski definition) is 6. The van der Waals surface area contributed by atoms with Gasteiger partial charge in [0, 0.05) is 31.7 Å². The summed E-state index contributed by atoms with van der Waals surface area (Å²) in [6.07, 6.45) is 2.91. The smallest absolute Gasteiger partial charge is 0.274 e. The maximum Gasteiger partial charge on any atom is 0.274 e. The van der Waals surface area contributed by atoms with E-state index in [-0.39, 0.29) is 11.4 Å². The van der Waals surface area contributed by atoms with E-state index in [2.05, 4.69) is 41.1 Å². The van der Waals surface area contributed by atoms with Crippen LogP contribution >= 0.6 is 0 Å². The number of nitrogens with zero attached hydrogens (tertiary/aromatic N) is 4. The summed E-state index contributed by atoms with van der Waals surface area (Å²) in [6, 6.07) is 0. The van der Waals surface area contributed by atoms with Crippen molar-refractivity contribution in [2.24, 2.45) is 5.84 Å². The predicted molar refractivity (Wildman–Crippen MR) is 77.1 cm³/mol. The molecule has 2 rings (SSSR count). The minimum Gasteiger partial charge on any atom is -0.335 e. The van der Waals surface area contributed by atoms with E-state index >= 15 is 0 Å². The molecule has 20 heavy (non-hydrogen) atoms. The SMILES string of the molecule is CC(C)(C)N1CCN(C(=O)c2cnc(NN)cn2)CC1. The number of rotatable bonds is 2. The summed E-state index contributed by atoms with van der Waals surface area (Å²) in [4.78, 5) is 24.6. The van der Waals surface area contributed by atoms with E-state index < -0.39 is 0 Å². The Morgan fingerprint density at radius 3 is 2.30 bits per heavy atom. The molecular formula is C13H22N6O. The van der Waals surface area contributed by atoms with Crippen LogP contribution in [-0.2, 0) is 0 Å². The molecule has 1 aromatic rings. The maximum atomic E-state index is 12.3. The zero-order valence-electron chi connectivity index (χ0n) is 12.3. The minimum atomic E-state index is -0.0744. The van der Waals surface area contributed by atoms with E-state index in [9.17, 15) is 4.79 Å². The van der Waals surface area contributed by atoms with Gasteiger partial charge in [0.25, 0.3) is 5.91 Å². The predicted octanol–water partition coefficient (Wildman–Crippen LogP) is 0.319. The molecule has 2 heterocycles. The zero-order chi connectivity index (χ0) is 14.8. The van der Waals surface area contributed by atoms with Crippen LogP contribution in [0.5, 0.6) is 0 Å². The largest absolute Gasteiger partial charge is 0.335 e. The van der Waals surface area contributed by atoms with E-state index in [0.29, 0.717) is 24.6 Å². The summed E-state index contributed by atoms with van der Waals surface area (Å²) < 4.78 is 0. The minimum absolute atomic E-state index is 0.0744. The molecule has 0 atom stereocenters. The fourth-order valence-electron chi connectivity index (χ4n) is 2.26. The van der Waals surface area contributed by atoms with Gasteiger partial charge in [-0.05, 0) is 20.8 Å². The Morgan fingerprint density at radius 2 is 1.85 bits per heavy atom. The molecule has 7 heteroatoms. The van der Waals surface area contributed by atoms with Crippen molar-refractivity contribution in [3.8, 4) is 0 Å². The van der Waals surface area contributed by atoms with Gasteiger partial charge in [-0.15, -0.1) is 0 Å². The third-order valence-corrected chi connectivity index (χ3v) is 3.53. The second-order valence-corrected chi connectivity index (χ2v) is 5.88. The van der Waals surface area contributed by atoms with Crippen LogP contribution in [0.15, 0.2) is 12.4 Å². The van der Waals surface area contributed by atoms with E-state index in [1.807, 2.05) is 4.90 Å². The van der Waals surface area contributed by atoms with Crippen molar-refractivity contribution in [1.82, 2.24) is 19.8 Å². The quantitative estimate of drug-likeness (QED) is 0.598. The lowest BCUT2D eigenvalue weighted by atomic mass is 10.0. The van der Waals surface area contributed by atoms with Crippen LogP contribution in [0.2, 0.25) is 0 Å². The standard InChI is InChI=1S/C13H22N6O/c1-13(2,3)19-6-4-18(5-7-19)12(20)10-8-16-11(17-14)9-15-10/h8-9H,4-7,14H2,1-3H3,(H,16,17). The van der Waals surface area contributed by atoms with Crippen LogP contribution in [-0.4, -0.2) is 57.4 Å². The van der Waals surface area contributed by atoms with Gasteiger partial charge in [-0.25, -0.2) is 15.8 Å². The normalized spacial score (nSPS) is 17.1. The monoisotopic (exact) mass is 278 g/mol. The van der Waals surface area contributed by atoms with E-state index in [1.54, 1.807) is 0 Å². The molecule has 1 saturated heterocycles. The van der Waals surface area contributed by atoms with E-state index in [4.69, 9.17) is 5.84 Å². The number of carbonyl (C=O) groups excluding carboxylic acids is 1. The molecule has 1 aromatic heterocycles. The lowest BCUT2D eigenvalue weighted by Crippen LogP contribution is -2.54. The first-order valence-corrected chi connectivity index (χ1v) is 6.75. The Kier molecular flexibility index (Phi) is 4.20. The average molecular weight is 278 g/mol. The first-order chi connectivity index (χ1) is 9.41. The second-order valence-electron chi connectivity index (χ2n) is 5.88. The zero-order valence-corrected chi connectivity index (χ0v) is 12.3. The van der Waals surface area contributed by atoms with Crippen LogP contribution in [0.4, 0.5) is 5.82 Å². The van der Waals surface area contributed by atoms with Crippen molar-refractivity contribution in [3.05, 3.63) is 18.1 Å². The van der Waals surface area contributed by atoms with Gasteiger partial charge in [-0.2, -0.15) is 0 Å². The summed E-state index contributed by atoms with van der Waals surface area (Å²) in [5.41, 5.74) is 2.89. The van der Waals surface area contributed by atoms with Crippen LogP contribution in [0.25, 0.3) is 0 Å². The van der Waals surface area contributed by atoms with Gasteiger partial charge in [0.15, 0.2) is 5.82 Å². The summed E-state index contributed by atoms with van der Waals surface area (Å²) in [6.45, 7) is 9.76. The highest BCUT2D eigenvalue weighted by atomic mass is 16.2. The third-order valence-electron chi connectivity index (χ3n) is 3.53. The molecule has 0 saturated carbocycles. The van der Waals surface area contributed by atoms with Gasteiger partial charge in [0.2, 0.25) is 0 Å². The summed E-state index contributed by atoms with van der Waals surface area (Å²) in [5, 5.41) is 0. The van der Waals surface area contributed by atoms with Gasteiger partial charge in [-0.1, -0.05) is 0 Å². The van der Waals surface area contributed by atoms with Crippen LogP contribution in [0.1, 0.15) is 31.3 Å². The number of nitrogen functional groups attached to an aromatic ring is 1. The number of carbonyl (C=O) groups is 1. The number of hydrogen-bond donors (Lipinski definition) is 2. The van der Waals surface area contributed by atoms with Crippen molar-refractivity contribution in [2.45, 2.75) is 26.3 Å². The van der Waals surface area contributed by atoms with Gasteiger partial charge in [-0.3, -0.25) is 9.69 Å². The summed E-state index contributed by atoms with van der Waals surface area (Å²) >= 11 is 0. The molecule has 0 spiro atoms. The van der Waals surface area contributed by atoms with Gasteiger partial charge >= 0.3 is 0 Å². The molecule has 0 aliphatic carbocycles. The Hall–Kier alpha value is -1.73. The van der Waals surface area contributed by atoms with Crippen molar-refractivity contribution in [2.75, 3.05) is 31.6 Å². The van der Waals surface area contributed by atoms with Crippen LogP contribution in [0.3, 0.4) is 0 Å². The number of piperazine rings is 1. The Balaban J connectivity index is 1.97. The molecule has 1 aliphatic heterocycles. The Labute approximate surface area is 119 Å². The number of nitrogens with one attached hydrogen (secondary N) is 1. The lowest BCUT2D eigenvalue weighted by Gasteiger charge is -2.42. The third kappa shape index (κ3) is 3.23. The fourth-order valence-corrected chi connectivity index (χ4v) is 2.26. The lowest BCUT2D eigenvalue weighted by molar-refractivity contribution is 0.0446. The van der Waals surface area contributed by atoms with E-state index in [0.717, 1.165) is 13.1 Å². The molecule has 110 valence electrons. The molecule has 0 aromatic carbocycles. The first-order valence-electron chi connectivity index (χ1n) is 6.75. The molecule has 1 aliphatic rings. The number of anilines is 1. The number of aromatic nitrogens is 2. The van der Waals surface area contributed by atoms with Gasteiger partial charge < -0.3 is 10.3 Å². The molecule has 0 radical (unpaired) electrons. The molecule has 1 amide bonds. The average Bonchev–Trinajstić information content (AvgIpc) is 2.46. The highest BCUT2D eigenvalue weighted by molar-refractivity contribution is 5.92. The molecular weight excluding hydrogens is 256 g/mol. The fraction of sp³-hybridized carbons (Fsp3) is 0.615. The van der Waals surface area contributed by atoms with Crippen LogP contribution < -0.4 is 11.3 Å². The first kappa shape index (κ1) is 14.7. The Morgan fingerprint density at radius 1 is 1.20 bits per heavy atom.